The van der Waals surface area contributed by atoms with Crippen LogP contribution in [-0.2, 0) is 4.79 Å². The van der Waals surface area contributed by atoms with Crippen LogP contribution in [0.15, 0.2) is 35.2 Å². The number of carbonyl (C=O) groups is 1. The molecule has 2 rings (SSSR count). The number of ketones is 1. The highest BCUT2D eigenvalue weighted by Gasteiger charge is 2.51. The average Bonchev–Trinajstić information content (AvgIpc) is 2.65. The van der Waals surface area contributed by atoms with E-state index in [-0.39, 0.29) is 11.2 Å². The molecule has 0 radical (unpaired) electrons. The second-order valence-electron chi connectivity index (χ2n) is 5.82. The van der Waals surface area contributed by atoms with Crippen LogP contribution in [0.25, 0.3) is 0 Å². The molecule has 2 nitrogen and oxygen atoms in total. The molecule has 0 N–H and O–H groups in total. The van der Waals surface area contributed by atoms with Crippen molar-refractivity contribution in [2.75, 3.05) is 5.75 Å². The summed E-state index contributed by atoms with van der Waals surface area (Å²) >= 11 is 1.72. The summed E-state index contributed by atoms with van der Waals surface area (Å²) in [5.74, 6) is 0.954. The van der Waals surface area contributed by atoms with E-state index in [0.29, 0.717) is 12.8 Å². The molecule has 0 saturated heterocycles. The maximum Gasteiger partial charge on any atom is 0.158 e. The highest BCUT2D eigenvalue weighted by atomic mass is 32.2. The van der Waals surface area contributed by atoms with Gasteiger partial charge in [-0.15, -0.1) is 11.8 Å². The van der Waals surface area contributed by atoms with Crippen LogP contribution in [0.3, 0.4) is 0 Å². The predicted molar refractivity (Wildman–Crippen MR) is 77.9 cm³/mol. The smallest absolute Gasteiger partial charge is 0.158 e. The number of benzene rings is 1. The lowest BCUT2D eigenvalue weighted by molar-refractivity contribution is -0.130. The first-order valence-corrected chi connectivity index (χ1v) is 7.63. The lowest BCUT2D eigenvalue weighted by atomic mass is 9.79. The van der Waals surface area contributed by atoms with E-state index in [1.807, 2.05) is 32.0 Å². The van der Waals surface area contributed by atoms with Gasteiger partial charge in [-0.2, -0.15) is 5.26 Å². The van der Waals surface area contributed by atoms with Gasteiger partial charge in [-0.3, -0.25) is 4.79 Å². The molecule has 100 valence electrons. The van der Waals surface area contributed by atoms with Gasteiger partial charge < -0.3 is 0 Å². The number of hydrogen-bond acceptors (Lipinski definition) is 3. The number of Topliss-reactive ketones (excluding diaryl/α,β-unsaturated/α-hetero) is 1. The lowest BCUT2D eigenvalue weighted by Crippen LogP contribution is -2.31. The summed E-state index contributed by atoms with van der Waals surface area (Å²) < 4.78 is 0. The molecule has 1 saturated carbocycles. The zero-order valence-electron chi connectivity index (χ0n) is 11.5. The van der Waals surface area contributed by atoms with Gasteiger partial charge in [0.15, 0.2) is 5.78 Å². The number of nitrogens with zero attached hydrogens (tertiary/aromatic N) is 1. The third kappa shape index (κ3) is 2.84. The van der Waals surface area contributed by atoms with Gasteiger partial charge >= 0.3 is 0 Å². The fourth-order valence-electron chi connectivity index (χ4n) is 2.66. The fraction of sp³-hybridized carbons (Fsp3) is 0.500. The van der Waals surface area contributed by atoms with Crippen LogP contribution in [0.4, 0.5) is 0 Å². The molecular weight excluding hydrogens is 254 g/mol. The van der Waals surface area contributed by atoms with Gasteiger partial charge in [0.1, 0.15) is 5.41 Å². The maximum absolute atomic E-state index is 12.4. The summed E-state index contributed by atoms with van der Waals surface area (Å²) in [6.45, 7) is 3.91. The number of nitriles is 1. The Balaban J connectivity index is 1.98. The zero-order chi connectivity index (χ0) is 13.9. The van der Waals surface area contributed by atoms with Crippen molar-refractivity contribution in [2.24, 2.45) is 10.8 Å². The third-order valence-electron chi connectivity index (χ3n) is 3.98. The van der Waals surface area contributed by atoms with Crippen LogP contribution in [0.1, 0.15) is 33.1 Å². The molecule has 1 aliphatic carbocycles. The topological polar surface area (TPSA) is 40.9 Å². The fourth-order valence-corrected chi connectivity index (χ4v) is 3.70. The summed E-state index contributed by atoms with van der Waals surface area (Å²) in [4.78, 5) is 13.6. The Morgan fingerprint density at radius 1 is 1.26 bits per heavy atom. The van der Waals surface area contributed by atoms with Crippen LogP contribution < -0.4 is 0 Å². The molecule has 19 heavy (non-hydrogen) atoms. The van der Waals surface area contributed by atoms with Crippen molar-refractivity contribution >= 4 is 17.5 Å². The van der Waals surface area contributed by atoms with E-state index < -0.39 is 5.41 Å². The Morgan fingerprint density at radius 3 is 2.47 bits per heavy atom. The van der Waals surface area contributed by atoms with Crippen molar-refractivity contribution in [3.63, 3.8) is 0 Å². The highest BCUT2D eigenvalue weighted by Crippen LogP contribution is 2.48. The van der Waals surface area contributed by atoms with Gasteiger partial charge in [-0.1, -0.05) is 32.0 Å². The monoisotopic (exact) mass is 273 g/mol. The highest BCUT2D eigenvalue weighted by molar-refractivity contribution is 7.99. The molecule has 0 aliphatic heterocycles. The molecule has 1 aliphatic rings. The normalized spacial score (nSPS) is 25.2. The predicted octanol–water partition coefficient (Wildman–Crippen LogP) is 4.07. The van der Waals surface area contributed by atoms with Crippen molar-refractivity contribution in [3.05, 3.63) is 30.3 Å². The molecule has 1 aromatic rings. The minimum atomic E-state index is -0.745. The maximum atomic E-state index is 12.4. The van der Waals surface area contributed by atoms with Crippen molar-refractivity contribution < 1.29 is 4.79 Å². The third-order valence-corrected chi connectivity index (χ3v) is 4.99. The van der Waals surface area contributed by atoms with Crippen LogP contribution in [0.2, 0.25) is 0 Å². The van der Waals surface area contributed by atoms with Crippen LogP contribution in [0, 0.1) is 22.2 Å². The standard InChI is InChI=1S/C16H19NOS/c1-15(2)8-9-16(12-17,14(15)18)10-11-19-13-6-4-3-5-7-13/h3-7H,8-11H2,1-2H3. The van der Waals surface area contributed by atoms with Crippen molar-refractivity contribution in [2.45, 2.75) is 38.0 Å². The van der Waals surface area contributed by atoms with E-state index in [2.05, 4.69) is 18.2 Å². The van der Waals surface area contributed by atoms with Crippen LogP contribution in [-0.4, -0.2) is 11.5 Å². The minimum absolute atomic E-state index is 0.135. The Hall–Kier alpha value is -1.27. The second kappa shape index (κ2) is 5.38. The van der Waals surface area contributed by atoms with Crippen molar-refractivity contribution in [1.82, 2.24) is 0 Å². The van der Waals surface area contributed by atoms with E-state index in [9.17, 15) is 10.1 Å². The second-order valence-corrected chi connectivity index (χ2v) is 6.99. The van der Waals surface area contributed by atoms with E-state index in [0.717, 1.165) is 12.2 Å². The van der Waals surface area contributed by atoms with Crippen molar-refractivity contribution in [3.8, 4) is 6.07 Å². The number of thioether (sulfide) groups is 1. The largest absolute Gasteiger partial charge is 0.297 e. The van der Waals surface area contributed by atoms with Crippen LogP contribution in [0.5, 0.6) is 0 Å². The first-order chi connectivity index (χ1) is 9.00. The quantitative estimate of drug-likeness (QED) is 0.776. The molecule has 0 aromatic heterocycles. The first kappa shape index (κ1) is 14.1. The Kier molecular flexibility index (Phi) is 4.01. The van der Waals surface area contributed by atoms with E-state index in [4.69, 9.17) is 0 Å². The number of rotatable bonds is 4. The molecule has 1 unspecified atom stereocenters. The molecule has 1 atom stereocenters. The molecule has 0 heterocycles. The number of hydrogen-bond donors (Lipinski definition) is 0. The Labute approximate surface area is 119 Å². The average molecular weight is 273 g/mol. The summed E-state index contributed by atoms with van der Waals surface area (Å²) in [6, 6.07) is 12.4. The van der Waals surface area contributed by atoms with Gasteiger partial charge in [-0.25, -0.2) is 0 Å². The summed E-state index contributed by atoms with van der Waals surface area (Å²) in [7, 11) is 0. The summed E-state index contributed by atoms with van der Waals surface area (Å²) in [5.41, 5.74) is -1.07. The van der Waals surface area contributed by atoms with Gasteiger partial charge in [0.25, 0.3) is 0 Å². The summed E-state index contributed by atoms with van der Waals surface area (Å²) in [5, 5.41) is 9.44. The molecule has 0 spiro atoms. The molecule has 0 bridgehead atoms. The SMILES string of the molecule is CC1(C)CCC(C#N)(CCSc2ccccc2)C1=O. The molecule has 1 aromatic carbocycles. The van der Waals surface area contributed by atoms with Gasteiger partial charge in [-0.05, 0) is 37.1 Å². The molecule has 1 fully saturated rings. The number of carbonyl (C=O) groups excluding carboxylic acids is 1. The Morgan fingerprint density at radius 2 is 1.95 bits per heavy atom. The summed E-state index contributed by atoms with van der Waals surface area (Å²) in [6.07, 6.45) is 2.20. The molecule has 3 heteroatoms. The zero-order valence-corrected chi connectivity index (χ0v) is 12.3. The van der Waals surface area contributed by atoms with Gasteiger partial charge in [0, 0.05) is 10.3 Å². The first-order valence-electron chi connectivity index (χ1n) is 6.64. The van der Waals surface area contributed by atoms with E-state index in [1.165, 1.54) is 4.90 Å². The molecular formula is C16H19NOS. The van der Waals surface area contributed by atoms with E-state index in [1.54, 1.807) is 11.8 Å². The van der Waals surface area contributed by atoms with E-state index >= 15 is 0 Å². The van der Waals surface area contributed by atoms with Gasteiger partial charge in [0.05, 0.1) is 6.07 Å². The van der Waals surface area contributed by atoms with Crippen molar-refractivity contribution in [1.29, 1.82) is 5.26 Å². The molecule has 0 amide bonds. The van der Waals surface area contributed by atoms with Gasteiger partial charge in [0.2, 0.25) is 0 Å². The lowest BCUT2D eigenvalue weighted by Gasteiger charge is -2.22. The minimum Gasteiger partial charge on any atom is -0.297 e. The van der Waals surface area contributed by atoms with Crippen LogP contribution >= 0.6 is 11.8 Å². The Bertz CT molecular complexity index is 503.